The van der Waals surface area contributed by atoms with Crippen LogP contribution in [0.25, 0.3) is 0 Å². The molecule has 0 radical (unpaired) electrons. The maximum absolute atomic E-state index is 12.1. The van der Waals surface area contributed by atoms with Gasteiger partial charge in [0, 0.05) is 12.2 Å². The SMILES string of the molecule is COc1cc(/C(N)=N/O)ccc1NC(=O)C1CCCCO1. The van der Waals surface area contributed by atoms with Gasteiger partial charge in [0.05, 0.1) is 12.8 Å². The molecule has 0 aliphatic carbocycles. The Morgan fingerprint density at radius 2 is 2.33 bits per heavy atom. The minimum absolute atomic E-state index is 0.0261. The highest BCUT2D eigenvalue weighted by Gasteiger charge is 2.22. The van der Waals surface area contributed by atoms with Gasteiger partial charge in [-0.1, -0.05) is 5.16 Å². The molecule has 1 aliphatic rings. The number of ether oxygens (including phenoxy) is 2. The molecule has 1 aromatic carbocycles. The standard InChI is InChI=1S/C14H19N3O4/c1-20-12-8-9(13(15)17-19)5-6-10(12)16-14(18)11-4-2-3-7-21-11/h5-6,8,11,19H,2-4,7H2,1H3,(H2,15,17)(H,16,18). The average molecular weight is 293 g/mol. The van der Waals surface area contributed by atoms with Crippen LogP contribution >= 0.6 is 0 Å². The number of nitrogens with zero attached hydrogens (tertiary/aromatic N) is 1. The molecule has 1 saturated heterocycles. The Morgan fingerprint density at radius 3 is 2.95 bits per heavy atom. The molecule has 4 N–H and O–H groups in total. The molecule has 21 heavy (non-hydrogen) atoms. The van der Waals surface area contributed by atoms with Crippen molar-refractivity contribution in [1.82, 2.24) is 0 Å². The number of methoxy groups -OCH3 is 1. The summed E-state index contributed by atoms with van der Waals surface area (Å²) < 4.78 is 10.7. The summed E-state index contributed by atoms with van der Waals surface area (Å²) in [5.41, 5.74) is 6.54. The zero-order chi connectivity index (χ0) is 15.2. The summed E-state index contributed by atoms with van der Waals surface area (Å²) in [5.74, 6) is 0.217. The first-order valence-corrected chi connectivity index (χ1v) is 6.74. The second kappa shape index (κ2) is 6.94. The van der Waals surface area contributed by atoms with E-state index in [1.165, 1.54) is 7.11 Å². The summed E-state index contributed by atoms with van der Waals surface area (Å²) in [5, 5.41) is 14.4. The molecule has 1 unspecified atom stereocenters. The van der Waals surface area contributed by atoms with E-state index in [0.29, 0.717) is 23.6 Å². The van der Waals surface area contributed by atoms with Crippen molar-refractivity contribution in [2.45, 2.75) is 25.4 Å². The summed E-state index contributed by atoms with van der Waals surface area (Å²) in [6.07, 6.45) is 2.27. The fourth-order valence-corrected chi connectivity index (χ4v) is 2.17. The van der Waals surface area contributed by atoms with Gasteiger partial charge < -0.3 is 25.7 Å². The van der Waals surface area contributed by atoms with Crippen molar-refractivity contribution in [3.63, 3.8) is 0 Å². The second-order valence-electron chi connectivity index (χ2n) is 4.74. The first-order valence-electron chi connectivity index (χ1n) is 6.74. The number of oxime groups is 1. The number of anilines is 1. The van der Waals surface area contributed by atoms with Crippen LogP contribution in [0.4, 0.5) is 5.69 Å². The van der Waals surface area contributed by atoms with Crippen LogP contribution in [0.15, 0.2) is 23.4 Å². The van der Waals surface area contributed by atoms with Crippen LogP contribution in [0.3, 0.4) is 0 Å². The Hall–Kier alpha value is -2.28. The fourth-order valence-electron chi connectivity index (χ4n) is 2.17. The normalized spacial score (nSPS) is 19.1. The van der Waals surface area contributed by atoms with E-state index in [9.17, 15) is 4.79 Å². The molecule has 1 amide bonds. The first-order chi connectivity index (χ1) is 10.2. The van der Waals surface area contributed by atoms with Gasteiger partial charge >= 0.3 is 0 Å². The van der Waals surface area contributed by atoms with Gasteiger partial charge in [0.25, 0.3) is 5.91 Å². The van der Waals surface area contributed by atoms with Crippen LogP contribution < -0.4 is 15.8 Å². The van der Waals surface area contributed by atoms with E-state index in [1.807, 2.05) is 0 Å². The maximum Gasteiger partial charge on any atom is 0.253 e. The minimum atomic E-state index is -0.424. The number of nitrogens with two attached hydrogens (primary N) is 1. The Bertz CT molecular complexity index is 539. The van der Waals surface area contributed by atoms with E-state index in [0.717, 1.165) is 19.3 Å². The average Bonchev–Trinajstić information content (AvgIpc) is 2.55. The van der Waals surface area contributed by atoms with Crippen LogP contribution in [0, 0.1) is 0 Å². The molecule has 1 aromatic rings. The molecule has 0 aromatic heterocycles. The molecule has 7 heteroatoms. The summed E-state index contributed by atoms with van der Waals surface area (Å²) in [4.78, 5) is 12.1. The number of nitrogens with one attached hydrogen (secondary N) is 1. The Balaban J connectivity index is 2.13. The van der Waals surface area contributed by atoms with Gasteiger partial charge in [-0.15, -0.1) is 0 Å². The van der Waals surface area contributed by atoms with Crippen LogP contribution in [-0.2, 0) is 9.53 Å². The lowest BCUT2D eigenvalue weighted by molar-refractivity contribution is -0.129. The van der Waals surface area contributed by atoms with Gasteiger partial charge in [0.15, 0.2) is 5.84 Å². The Morgan fingerprint density at radius 1 is 1.52 bits per heavy atom. The third kappa shape index (κ3) is 3.63. The molecular formula is C14H19N3O4. The second-order valence-corrected chi connectivity index (χ2v) is 4.74. The minimum Gasteiger partial charge on any atom is -0.495 e. The predicted octanol–water partition coefficient (Wildman–Crippen LogP) is 1.30. The van der Waals surface area contributed by atoms with Gasteiger partial charge in [-0.2, -0.15) is 0 Å². The molecule has 1 fully saturated rings. The van der Waals surface area contributed by atoms with E-state index in [4.69, 9.17) is 20.4 Å². The highest BCUT2D eigenvalue weighted by Crippen LogP contribution is 2.26. The molecule has 2 rings (SSSR count). The van der Waals surface area contributed by atoms with Crippen LogP contribution in [0.5, 0.6) is 5.75 Å². The van der Waals surface area contributed by atoms with Crippen molar-refractivity contribution in [2.24, 2.45) is 10.9 Å². The van der Waals surface area contributed by atoms with E-state index >= 15 is 0 Å². The predicted molar refractivity (Wildman–Crippen MR) is 77.7 cm³/mol. The monoisotopic (exact) mass is 293 g/mol. The number of amidine groups is 1. The van der Waals surface area contributed by atoms with Gasteiger partial charge in [-0.3, -0.25) is 4.79 Å². The van der Waals surface area contributed by atoms with Gasteiger partial charge in [0.2, 0.25) is 0 Å². The van der Waals surface area contributed by atoms with E-state index in [1.54, 1.807) is 18.2 Å². The lowest BCUT2D eigenvalue weighted by atomic mass is 10.1. The smallest absolute Gasteiger partial charge is 0.253 e. The summed E-state index contributed by atoms with van der Waals surface area (Å²) >= 11 is 0. The number of benzene rings is 1. The summed E-state index contributed by atoms with van der Waals surface area (Å²) in [6.45, 7) is 0.609. The molecule has 0 bridgehead atoms. The van der Waals surface area contributed by atoms with E-state index in [-0.39, 0.29) is 11.7 Å². The highest BCUT2D eigenvalue weighted by molar-refractivity contribution is 6.00. The Kier molecular flexibility index (Phi) is 4.99. The third-order valence-electron chi connectivity index (χ3n) is 3.34. The molecule has 0 saturated carbocycles. The molecule has 114 valence electrons. The molecule has 1 aliphatic heterocycles. The van der Waals surface area contributed by atoms with Crippen LogP contribution in [-0.4, -0.2) is 36.8 Å². The summed E-state index contributed by atoms with van der Waals surface area (Å²) in [6, 6.07) is 4.87. The number of hydrogen-bond donors (Lipinski definition) is 3. The third-order valence-corrected chi connectivity index (χ3v) is 3.34. The zero-order valence-corrected chi connectivity index (χ0v) is 11.8. The van der Waals surface area contributed by atoms with Crippen LogP contribution in [0.2, 0.25) is 0 Å². The van der Waals surface area contributed by atoms with Crippen molar-refractivity contribution in [3.05, 3.63) is 23.8 Å². The number of rotatable bonds is 4. The largest absolute Gasteiger partial charge is 0.495 e. The van der Waals surface area contributed by atoms with Crippen molar-refractivity contribution >= 4 is 17.4 Å². The lowest BCUT2D eigenvalue weighted by Gasteiger charge is -2.22. The fraction of sp³-hybridized carbons (Fsp3) is 0.429. The zero-order valence-electron chi connectivity index (χ0n) is 11.8. The molecule has 1 heterocycles. The Labute approximate surface area is 122 Å². The molecule has 0 spiro atoms. The highest BCUT2D eigenvalue weighted by atomic mass is 16.5. The van der Waals surface area contributed by atoms with E-state index in [2.05, 4.69) is 10.5 Å². The van der Waals surface area contributed by atoms with Gasteiger partial charge in [0.1, 0.15) is 11.9 Å². The van der Waals surface area contributed by atoms with Crippen molar-refractivity contribution in [3.8, 4) is 5.75 Å². The van der Waals surface area contributed by atoms with E-state index < -0.39 is 6.10 Å². The number of hydrogen-bond acceptors (Lipinski definition) is 5. The van der Waals surface area contributed by atoms with Crippen molar-refractivity contribution < 1.29 is 19.5 Å². The van der Waals surface area contributed by atoms with Gasteiger partial charge in [-0.05, 0) is 37.5 Å². The topological polar surface area (TPSA) is 106 Å². The first kappa shape index (κ1) is 15.1. The maximum atomic E-state index is 12.1. The van der Waals surface area contributed by atoms with Crippen LogP contribution in [0.1, 0.15) is 24.8 Å². The number of amides is 1. The quantitative estimate of drug-likeness (QED) is 0.336. The molecular weight excluding hydrogens is 274 g/mol. The number of carbonyl (C=O) groups is 1. The molecule has 1 atom stereocenters. The molecule has 7 nitrogen and oxygen atoms in total. The lowest BCUT2D eigenvalue weighted by Crippen LogP contribution is -2.33. The van der Waals surface area contributed by atoms with Crippen molar-refractivity contribution in [2.75, 3.05) is 19.0 Å². The van der Waals surface area contributed by atoms with Crippen molar-refractivity contribution in [1.29, 1.82) is 0 Å². The number of carbonyl (C=O) groups excluding carboxylic acids is 1. The summed E-state index contributed by atoms with van der Waals surface area (Å²) in [7, 11) is 1.48. The van der Waals surface area contributed by atoms with Gasteiger partial charge in [-0.25, -0.2) is 0 Å².